The van der Waals surface area contributed by atoms with Crippen LogP contribution in [0.1, 0.15) is 12.8 Å². The van der Waals surface area contributed by atoms with Crippen LogP contribution in [0.3, 0.4) is 0 Å². The zero-order chi connectivity index (χ0) is 13.9. The van der Waals surface area contributed by atoms with E-state index in [1.54, 1.807) is 4.90 Å². The summed E-state index contributed by atoms with van der Waals surface area (Å²) in [6.07, 6.45) is 1.40. The van der Waals surface area contributed by atoms with Crippen molar-refractivity contribution in [1.82, 2.24) is 4.90 Å². The van der Waals surface area contributed by atoms with E-state index in [0.29, 0.717) is 13.0 Å². The summed E-state index contributed by atoms with van der Waals surface area (Å²) >= 11 is 0. The summed E-state index contributed by atoms with van der Waals surface area (Å²) in [7, 11) is 0. The molecule has 4 heteroatoms. The van der Waals surface area contributed by atoms with Gasteiger partial charge in [-0.05, 0) is 17.9 Å². The second-order valence-corrected chi connectivity index (χ2v) is 4.99. The van der Waals surface area contributed by atoms with Crippen LogP contribution in [-0.2, 0) is 9.59 Å². The van der Waals surface area contributed by atoms with Gasteiger partial charge in [-0.25, -0.2) is 0 Å². The van der Waals surface area contributed by atoms with Crippen LogP contribution in [0.5, 0.6) is 0 Å². The Labute approximate surface area is 117 Å². The largest absolute Gasteiger partial charge is 0.333 e. The summed E-state index contributed by atoms with van der Waals surface area (Å²) in [5, 5.41) is 5.00. The van der Waals surface area contributed by atoms with Crippen molar-refractivity contribution in [3.63, 3.8) is 0 Å². The molecule has 102 valence electrons. The summed E-state index contributed by atoms with van der Waals surface area (Å²) in [6, 6.07) is 13.7. The van der Waals surface area contributed by atoms with E-state index in [1.165, 1.54) is 0 Å². The summed E-state index contributed by atoms with van der Waals surface area (Å²) < 4.78 is 0. The first-order valence-electron chi connectivity index (χ1n) is 6.79. The highest BCUT2D eigenvalue weighted by atomic mass is 16.2. The summed E-state index contributed by atoms with van der Waals surface area (Å²) in [6.45, 7) is 0.823. The quantitative estimate of drug-likeness (QED) is 0.929. The molecule has 1 heterocycles. The lowest BCUT2D eigenvalue weighted by atomic mass is 10.1. The molecule has 1 aliphatic heterocycles. The van der Waals surface area contributed by atoms with E-state index in [-0.39, 0.29) is 18.4 Å². The van der Waals surface area contributed by atoms with Crippen LogP contribution in [0.25, 0.3) is 10.8 Å². The highest BCUT2D eigenvalue weighted by Crippen LogP contribution is 2.23. The van der Waals surface area contributed by atoms with Crippen LogP contribution in [0, 0.1) is 0 Å². The molecule has 20 heavy (non-hydrogen) atoms. The number of hydrogen-bond acceptors (Lipinski definition) is 2. The molecule has 1 N–H and O–H groups in total. The molecule has 1 saturated heterocycles. The highest BCUT2D eigenvalue weighted by Gasteiger charge is 2.22. The third-order valence-corrected chi connectivity index (χ3v) is 3.57. The van der Waals surface area contributed by atoms with E-state index in [4.69, 9.17) is 0 Å². The Morgan fingerprint density at radius 3 is 2.75 bits per heavy atom. The standard InChI is InChI=1S/C16H16N2O2/c19-15(11-18-10-4-9-16(18)20)17-14-8-3-6-12-5-1-2-7-13(12)14/h1-3,5-8H,4,9-11H2,(H,17,19). The third kappa shape index (κ3) is 2.50. The van der Waals surface area contributed by atoms with Gasteiger partial charge in [-0.2, -0.15) is 0 Å². The van der Waals surface area contributed by atoms with Crippen LogP contribution in [-0.4, -0.2) is 29.8 Å². The van der Waals surface area contributed by atoms with Gasteiger partial charge in [-0.3, -0.25) is 9.59 Å². The van der Waals surface area contributed by atoms with Crippen LogP contribution in [0.15, 0.2) is 42.5 Å². The van der Waals surface area contributed by atoms with Crippen molar-refractivity contribution >= 4 is 28.3 Å². The minimum absolute atomic E-state index is 0.0677. The van der Waals surface area contributed by atoms with E-state index >= 15 is 0 Å². The molecular weight excluding hydrogens is 252 g/mol. The average Bonchev–Trinajstić information content (AvgIpc) is 2.85. The van der Waals surface area contributed by atoms with Gasteiger partial charge in [0.05, 0.1) is 6.54 Å². The van der Waals surface area contributed by atoms with Gasteiger partial charge in [-0.15, -0.1) is 0 Å². The summed E-state index contributed by atoms with van der Waals surface area (Å²) in [4.78, 5) is 25.2. The van der Waals surface area contributed by atoms with E-state index < -0.39 is 0 Å². The van der Waals surface area contributed by atoms with Crippen LogP contribution in [0.4, 0.5) is 5.69 Å². The van der Waals surface area contributed by atoms with Gasteiger partial charge in [0.1, 0.15) is 0 Å². The molecule has 0 radical (unpaired) electrons. The topological polar surface area (TPSA) is 49.4 Å². The fourth-order valence-corrected chi connectivity index (χ4v) is 2.57. The molecule has 0 aromatic heterocycles. The van der Waals surface area contributed by atoms with Crippen molar-refractivity contribution in [1.29, 1.82) is 0 Å². The minimum Gasteiger partial charge on any atom is -0.333 e. The number of anilines is 1. The maximum absolute atomic E-state index is 12.1. The molecule has 0 bridgehead atoms. The fourth-order valence-electron chi connectivity index (χ4n) is 2.57. The smallest absolute Gasteiger partial charge is 0.244 e. The van der Waals surface area contributed by atoms with Crippen molar-refractivity contribution < 1.29 is 9.59 Å². The molecule has 2 aromatic rings. The van der Waals surface area contributed by atoms with Gasteiger partial charge >= 0.3 is 0 Å². The maximum atomic E-state index is 12.1. The zero-order valence-corrected chi connectivity index (χ0v) is 11.1. The van der Waals surface area contributed by atoms with Crippen LogP contribution in [0.2, 0.25) is 0 Å². The predicted octanol–water partition coefficient (Wildman–Crippen LogP) is 2.40. The average molecular weight is 268 g/mol. The molecule has 1 fully saturated rings. The number of fused-ring (bicyclic) bond motifs is 1. The zero-order valence-electron chi connectivity index (χ0n) is 11.1. The van der Waals surface area contributed by atoms with E-state index in [1.807, 2.05) is 42.5 Å². The Bertz CT molecular complexity index is 661. The predicted molar refractivity (Wildman–Crippen MR) is 78.4 cm³/mol. The second kappa shape index (κ2) is 5.33. The van der Waals surface area contributed by atoms with Gasteiger partial charge in [0.15, 0.2) is 0 Å². The lowest BCUT2D eigenvalue weighted by Crippen LogP contribution is -2.33. The Balaban J connectivity index is 1.76. The van der Waals surface area contributed by atoms with Crippen molar-refractivity contribution in [3.8, 4) is 0 Å². The number of rotatable bonds is 3. The van der Waals surface area contributed by atoms with Crippen molar-refractivity contribution in [2.45, 2.75) is 12.8 Å². The van der Waals surface area contributed by atoms with E-state index in [9.17, 15) is 9.59 Å². The molecule has 0 atom stereocenters. The van der Waals surface area contributed by atoms with Crippen LogP contribution < -0.4 is 5.32 Å². The Morgan fingerprint density at radius 1 is 1.15 bits per heavy atom. The highest BCUT2D eigenvalue weighted by molar-refractivity contribution is 6.03. The van der Waals surface area contributed by atoms with E-state index in [0.717, 1.165) is 22.9 Å². The number of nitrogens with one attached hydrogen (secondary N) is 1. The lowest BCUT2D eigenvalue weighted by molar-refractivity contribution is -0.131. The number of benzene rings is 2. The monoisotopic (exact) mass is 268 g/mol. The van der Waals surface area contributed by atoms with Gasteiger partial charge in [-0.1, -0.05) is 36.4 Å². The first-order valence-corrected chi connectivity index (χ1v) is 6.79. The molecule has 2 amide bonds. The number of amides is 2. The minimum atomic E-state index is -0.142. The van der Waals surface area contributed by atoms with Gasteiger partial charge in [0.25, 0.3) is 0 Å². The molecule has 0 saturated carbocycles. The fraction of sp³-hybridized carbons (Fsp3) is 0.250. The summed E-state index contributed by atoms with van der Waals surface area (Å²) in [5.74, 6) is -0.0744. The molecule has 0 aliphatic carbocycles. The second-order valence-electron chi connectivity index (χ2n) is 4.99. The molecule has 0 spiro atoms. The SMILES string of the molecule is O=C(CN1CCCC1=O)Nc1cccc2ccccc12. The molecular formula is C16H16N2O2. The summed E-state index contributed by atoms with van der Waals surface area (Å²) in [5.41, 5.74) is 0.791. The van der Waals surface area contributed by atoms with Crippen LogP contribution >= 0.6 is 0 Å². The first-order chi connectivity index (χ1) is 9.74. The van der Waals surface area contributed by atoms with Gasteiger partial charge in [0, 0.05) is 24.0 Å². The number of carbonyl (C=O) groups is 2. The third-order valence-electron chi connectivity index (χ3n) is 3.57. The Hall–Kier alpha value is -2.36. The number of likely N-dealkylation sites (tertiary alicyclic amines) is 1. The van der Waals surface area contributed by atoms with Gasteiger partial charge < -0.3 is 10.2 Å². The molecule has 0 unspecified atom stereocenters. The van der Waals surface area contributed by atoms with Crippen molar-refractivity contribution in [2.24, 2.45) is 0 Å². The van der Waals surface area contributed by atoms with Crippen molar-refractivity contribution in [2.75, 3.05) is 18.4 Å². The van der Waals surface area contributed by atoms with Gasteiger partial charge in [0.2, 0.25) is 11.8 Å². The lowest BCUT2D eigenvalue weighted by Gasteiger charge is -2.15. The van der Waals surface area contributed by atoms with Crippen molar-refractivity contribution in [3.05, 3.63) is 42.5 Å². The Morgan fingerprint density at radius 2 is 1.95 bits per heavy atom. The molecule has 1 aliphatic rings. The maximum Gasteiger partial charge on any atom is 0.244 e. The van der Waals surface area contributed by atoms with E-state index in [2.05, 4.69) is 5.32 Å². The normalized spacial score (nSPS) is 14.8. The first kappa shape index (κ1) is 12.7. The molecule has 3 rings (SSSR count). The molecule has 4 nitrogen and oxygen atoms in total. The number of nitrogens with zero attached hydrogens (tertiary/aromatic N) is 1. The molecule has 2 aromatic carbocycles. The number of hydrogen-bond donors (Lipinski definition) is 1. The number of carbonyl (C=O) groups excluding carboxylic acids is 2. The Kier molecular flexibility index (Phi) is 3.37.